The third kappa shape index (κ3) is 4.52. The molecule has 0 radical (unpaired) electrons. The van der Waals surface area contributed by atoms with Crippen LogP contribution in [0.3, 0.4) is 0 Å². The van der Waals surface area contributed by atoms with E-state index in [1.54, 1.807) is 12.3 Å². The molecule has 2 N–H and O–H groups in total. The summed E-state index contributed by atoms with van der Waals surface area (Å²) in [5.41, 5.74) is 0.946. The molecule has 0 saturated heterocycles. The quantitative estimate of drug-likeness (QED) is 0.555. The van der Waals surface area contributed by atoms with Crippen molar-refractivity contribution >= 4 is 11.7 Å². The van der Waals surface area contributed by atoms with Crippen LogP contribution < -0.4 is 5.32 Å². The number of Topliss-reactive ketones (excluding diaryl/α,β-unsaturated/α-hetero) is 1. The lowest BCUT2D eigenvalue weighted by Gasteiger charge is -2.04. The first-order valence-corrected chi connectivity index (χ1v) is 6.72. The van der Waals surface area contributed by atoms with E-state index < -0.39 is 0 Å². The van der Waals surface area contributed by atoms with E-state index in [0.717, 1.165) is 18.9 Å². The van der Waals surface area contributed by atoms with Crippen molar-refractivity contribution in [3.63, 3.8) is 0 Å². The van der Waals surface area contributed by atoms with Gasteiger partial charge in [0.25, 0.3) is 5.91 Å². The van der Waals surface area contributed by atoms with E-state index in [1.165, 1.54) is 19.8 Å². The van der Waals surface area contributed by atoms with Crippen LogP contribution in [0.15, 0.2) is 12.3 Å². The summed E-state index contributed by atoms with van der Waals surface area (Å²) >= 11 is 0. The number of H-pyrrole nitrogens is 1. The van der Waals surface area contributed by atoms with Gasteiger partial charge in [0, 0.05) is 31.5 Å². The van der Waals surface area contributed by atoms with Gasteiger partial charge >= 0.3 is 0 Å². The Morgan fingerprint density at radius 3 is 2.89 bits per heavy atom. The number of aromatic nitrogens is 1. The molecule has 0 spiro atoms. The molecule has 5 heteroatoms. The molecule has 1 aromatic rings. The van der Waals surface area contributed by atoms with Crippen molar-refractivity contribution in [3.05, 3.63) is 23.5 Å². The van der Waals surface area contributed by atoms with Gasteiger partial charge in [0.05, 0.1) is 0 Å². The highest BCUT2D eigenvalue weighted by molar-refractivity contribution is 5.99. The van der Waals surface area contributed by atoms with E-state index in [0.29, 0.717) is 24.4 Å². The largest absolute Gasteiger partial charge is 0.381 e. The van der Waals surface area contributed by atoms with Gasteiger partial charge in [-0.25, -0.2) is 0 Å². The zero-order valence-electron chi connectivity index (χ0n) is 11.2. The topological polar surface area (TPSA) is 71.2 Å². The minimum Gasteiger partial charge on any atom is -0.381 e. The first-order chi connectivity index (χ1) is 9.16. The van der Waals surface area contributed by atoms with Gasteiger partial charge in [-0.3, -0.25) is 9.59 Å². The zero-order chi connectivity index (χ0) is 13.7. The summed E-state index contributed by atoms with van der Waals surface area (Å²) < 4.78 is 5.48. The molecule has 0 unspecified atom stereocenters. The van der Waals surface area contributed by atoms with Crippen molar-refractivity contribution in [3.8, 4) is 0 Å². The molecule has 0 aliphatic heterocycles. The lowest BCUT2D eigenvalue weighted by atomic mass is 10.2. The number of aromatic amines is 1. The molecule has 0 aromatic carbocycles. The second-order valence-corrected chi connectivity index (χ2v) is 4.99. The van der Waals surface area contributed by atoms with Crippen molar-refractivity contribution in [1.82, 2.24) is 10.3 Å². The van der Waals surface area contributed by atoms with Gasteiger partial charge in [-0.05, 0) is 38.2 Å². The van der Waals surface area contributed by atoms with Crippen molar-refractivity contribution in [2.24, 2.45) is 5.92 Å². The molecule has 1 saturated carbocycles. The second-order valence-electron chi connectivity index (χ2n) is 4.99. The van der Waals surface area contributed by atoms with Crippen molar-refractivity contribution < 1.29 is 14.3 Å². The number of amides is 1. The number of hydrogen-bond donors (Lipinski definition) is 2. The van der Waals surface area contributed by atoms with Gasteiger partial charge in [-0.1, -0.05) is 0 Å². The van der Waals surface area contributed by atoms with Gasteiger partial charge in [0.2, 0.25) is 0 Å². The van der Waals surface area contributed by atoms with Crippen molar-refractivity contribution in [1.29, 1.82) is 0 Å². The van der Waals surface area contributed by atoms with E-state index in [9.17, 15) is 9.59 Å². The van der Waals surface area contributed by atoms with Gasteiger partial charge < -0.3 is 15.0 Å². The van der Waals surface area contributed by atoms with Crippen LogP contribution in [0.2, 0.25) is 0 Å². The minimum atomic E-state index is -0.185. The highest BCUT2D eigenvalue weighted by Gasteiger charge is 2.20. The number of carbonyl (C=O) groups excluding carboxylic acids is 2. The number of nitrogens with one attached hydrogen (secondary N) is 2. The van der Waals surface area contributed by atoms with Crippen LogP contribution in [0.25, 0.3) is 0 Å². The van der Waals surface area contributed by atoms with Crippen molar-refractivity contribution in [2.45, 2.75) is 26.2 Å². The highest BCUT2D eigenvalue weighted by Crippen LogP contribution is 2.28. The van der Waals surface area contributed by atoms with Crippen LogP contribution in [0.4, 0.5) is 0 Å². The van der Waals surface area contributed by atoms with E-state index in [2.05, 4.69) is 10.3 Å². The van der Waals surface area contributed by atoms with E-state index >= 15 is 0 Å². The standard InChI is InChI=1S/C14H20N2O3/c1-10(17)12-7-13(16-8-12)14(18)15-5-2-6-19-9-11-3-4-11/h7-8,11,16H,2-6,9H2,1H3,(H,15,18). The summed E-state index contributed by atoms with van der Waals surface area (Å²) in [5.74, 6) is 0.539. The molecule has 1 heterocycles. The molecular formula is C14H20N2O3. The fourth-order valence-corrected chi connectivity index (χ4v) is 1.73. The second kappa shape index (κ2) is 6.52. The Hall–Kier alpha value is -1.62. The first-order valence-electron chi connectivity index (χ1n) is 6.72. The van der Waals surface area contributed by atoms with Crippen LogP contribution >= 0.6 is 0 Å². The molecule has 1 aliphatic carbocycles. The van der Waals surface area contributed by atoms with E-state index in [1.807, 2.05) is 0 Å². The summed E-state index contributed by atoms with van der Waals surface area (Å²) in [7, 11) is 0. The average Bonchev–Trinajstić information content (AvgIpc) is 3.06. The highest BCUT2D eigenvalue weighted by atomic mass is 16.5. The zero-order valence-corrected chi connectivity index (χ0v) is 11.2. The first kappa shape index (κ1) is 13.8. The molecular weight excluding hydrogens is 244 g/mol. The van der Waals surface area contributed by atoms with Crippen molar-refractivity contribution in [2.75, 3.05) is 19.8 Å². The Balaban J connectivity index is 1.61. The molecule has 5 nitrogen and oxygen atoms in total. The Labute approximate surface area is 112 Å². The van der Waals surface area contributed by atoms with E-state index in [4.69, 9.17) is 4.74 Å². The van der Waals surface area contributed by atoms with E-state index in [-0.39, 0.29) is 11.7 Å². The Bertz CT molecular complexity index is 449. The normalized spacial score (nSPS) is 14.4. The maximum Gasteiger partial charge on any atom is 0.267 e. The molecule has 1 aromatic heterocycles. The molecule has 1 aliphatic rings. The van der Waals surface area contributed by atoms with Crippen LogP contribution in [-0.4, -0.2) is 36.4 Å². The SMILES string of the molecule is CC(=O)c1c[nH]c(C(=O)NCCCOCC2CC2)c1. The predicted octanol–water partition coefficient (Wildman–Crippen LogP) is 1.76. The van der Waals surface area contributed by atoms with Gasteiger partial charge in [-0.2, -0.15) is 0 Å². The van der Waals surface area contributed by atoms with Crippen LogP contribution in [0.1, 0.15) is 47.0 Å². The summed E-state index contributed by atoms with van der Waals surface area (Å²) in [6, 6.07) is 1.57. The fraction of sp³-hybridized carbons (Fsp3) is 0.571. The summed E-state index contributed by atoms with van der Waals surface area (Å²) in [5, 5.41) is 2.79. The molecule has 0 bridgehead atoms. The number of rotatable bonds is 8. The van der Waals surface area contributed by atoms with Crippen LogP contribution in [0, 0.1) is 5.92 Å². The minimum absolute atomic E-state index is 0.0521. The fourth-order valence-electron chi connectivity index (χ4n) is 1.73. The summed E-state index contributed by atoms with van der Waals surface area (Å²) in [6.45, 7) is 3.59. The maximum atomic E-state index is 11.7. The molecule has 0 atom stereocenters. The Morgan fingerprint density at radius 2 is 2.26 bits per heavy atom. The average molecular weight is 264 g/mol. The summed E-state index contributed by atoms with van der Waals surface area (Å²) in [6.07, 6.45) is 4.94. The number of ether oxygens (including phenoxy) is 1. The third-order valence-corrected chi connectivity index (χ3v) is 3.14. The lowest BCUT2D eigenvalue weighted by molar-refractivity contribution is 0.0933. The third-order valence-electron chi connectivity index (χ3n) is 3.14. The molecule has 2 rings (SSSR count). The molecule has 1 amide bonds. The molecule has 104 valence electrons. The van der Waals surface area contributed by atoms with Gasteiger partial charge in [-0.15, -0.1) is 0 Å². The number of ketones is 1. The molecule has 1 fully saturated rings. The monoisotopic (exact) mass is 264 g/mol. The Kier molecular flexibility index (Phi) is 4.74. The molecule has 19 heavy (non-hydrogen) atoms. The van der Waals surface area contributed by atoms with Crippen LogP contribution in [-0.2, 0) is 4.74 Å². The van der Waals surface area contributed by atoms with Gasteiger partial charge in [0.1, 0.15) is 5.69 Å². The Morgan fingerprint density at radius 1 is 1.47 bits per heavy atom. The maximum absolute atomic E-state index is 11.7. The van der Waals surface area contributed by atoms with Crippen LogP contribution in [0.5, 0.6) is 0 Å². The predicted molar refractivity (Wildman–Crippen MR) is 71.3 cm³/mol. The van der Waals surface area contributed by atoms with Gasteiger partial charge in [0.15, 0.2) is 5.78 Å². The number of hydrogen-bond acceptors (Lipinski definition) is 3. The lowest BCUT2D eigenvalue weighted by Crippen LogP contribution is -2.25. The smallest absolute Gasteiger partial charge is 0.267 e. The number of carbonyl (C=O) groups is 2. The summed E-state index contributed by atoms with van der Waals surface area (Å²) in [4.78, 5) is 25.6.